The van der Waals surface area contributed by atoms with E-state index in [1.54, 1.807) is 13.2 Å². The average Bonchev–Trinajstić information content (AvgIpc) is 3.23. The van der Waals surface area contributed by atoms with Crippen molar-refractivity contribution < 1.29 is 18.8 Å². The molecule has 1 aliphatic rings. The SMILES string of the molecule is COc1ccccc1/C=C/CN1CCNC(=O)C1CC(=O)NCc1ccon1. The fourth-order valence-corrected chi connectivity index (χ4v) is 3.09. The van der Waals surface area contributed by atoms with Gasteiger partial charge in [-0.15, -0.1) is 0 Å². The minimum Gasteiger partial charge on any atom is -0.496 e. The Hall–Kier alpha value is -3.13. The second kappa shape index (κ2) is 9.70. The van der Waals surface area contributed by atoms with E-state index in [-0.39, 0.29) is 24.8 Å². The summed E-state index contributed by atoms with van der Waals surface area (Å²) in [4.78, 5) is 26.6. The van der Waals surface area contributed by atoms with Gasteiger partial charge in [-0.2, -0.15) is 0 Å². The van der Waals surface area contributed by atoms with E-state index in [0.717, 1.165) is 11.3 Å². The lowest BCUT2D eigenvalue weighted by Gasteiger charge is -2.33. The Balaban J connectivity index is 1.57. The third-order valence-electron chi connectivity index (χ3n) is 4.55. The first-order valence-corrected chi connectivity index (χ1v) is 9.14. The van der Waals surface area contributed by atoms with Crippen molar-refractivity contribution in [3.05, 3.63) is 53.9 Å². The molecular formula is C20H24N4O4. The van der Waals surface area contributed by atoms with Gasteiger partial charge < -0.3 is 19.9 Å². The largest absolute Gasteiger partial charge is 0.496 e. The first kappa shape index (κ1) is 19.6. The molecule has 8 heteroatoms. The Kier molecular flexibility index (Phi) is 6.80. The molecule has 0 saturated carbocycles. The second-order valence-corrected chi connectivity index (χ2v) is 6.42. The smallest absolute Gasteiger partial charge is 0.237 e. The Labute approximate surface area is 163 Å². The Morgan fingerprint density at radius 3 is 3.07 bits per heavy atom. The molecular weight excluding hydrogens is 360 g/mol. The molecule has 1 fully saturated rings. The summed E-state index contributed by atoms with van der Waals surface area (Å²) in [5.41, 5.74) is 1.60. The van der Waals surface area contributed by atoms with Gasteiger partial charge in [0, 0.05) is 31.3 Å². The van der Waals surface area contributed by atoms with Gasteiger partial charge in [0.05, 0.1) is 26.1 Å². The van der Waals surface area contributed by atoms with Crippen LogP contribution in [0.1, 0.15) is 17.7 Å². The lowest BCUT2D eigenvalue weighted by Crippen LogP contribution is -2.56. The number of methoxy groups -OCH3 is 1. The first-order valence-electron chi connectivity index (χ1n) is 9.14. The number of para-hydroxylation sites is 1. The molecule has 1 aliphatic heterocycles. The molecule has 2 amide bonds. The number of carbonyl (C=O) groups is 2. The van der Waals surface area contributed by atoms with Gasteiger partial charge in [0.2, 0.25) is 11.8 Å². The zero-order valence-electron chi connectivity index (χ0n) is 15.8. The molecule has 0 radical (unpaired) electrons. The van der Waals surface area contributed by atoms with Crippen LogP contribution in [0.2, 0.25) is 0 Å². The summed E-state index contributed by atoms with van der Waals surface area (Å²) in [6, 6.07) is 8.90. The summed E-state index contributed by atoms with van der Waals surface area (Å²) in [7, 11) is 1.63. The predicted octanol–water partition coefficient (Wildman–Crippen LogP) is 1.20. The van der Waals surface area contributed by atoms with E-state index >= 15 is 0 Å². The van der Waals surface area contributed by atoms with E-state index in [0.29, 0.717) is 25.3 Å². The molecule has 28 heavy (non-hydrogen) atoms. The molecule has 1 aromatic heterocycles. The summed E-state index contributed by atoms with van der Waals surface area (Å²) in [5.74, 6) is 0.455. The highest BCUT2D eigenvalue weighted by Crippen LogP contribution is 2.19. The van der Waals surface area contributed by atoms with Crippen LogP contribution in [0.25, 0.3) is 6.08 Å². The first-order chi connectivity index (χ1) is 13.7. The average molecular weight is 384 g/mol. The van der Waals surface area contributed by atoms with E-state index in [1.165, 1.54) is 6.26 Å². The number of hydrogen-bond acceptors (Lipinski definition) is 6. The van der Waals surface area contributed by atoms with Crippen LogP contribution in [0.3, 0.4) is 0 Å². The molecule has 1 aromatic carbocycles. The third kappa shape index (κ3) is 5.20. The maximum Gasteiger partial charge on any atom is 0.237 e. The van der Waals surface area contributed by atoms with E-state index < -0.39 is 6.04 Å². The highest BCUT2D eigenvalue weighted by molar-refractivity contribution is 5.88. The minimum absolute atomic E-state index is 0.0895. The number of ether oxygens (including phenoxy) is 1. The van der Waals surface area contributed by atoms with Gasteiger partial charge >= 0.3 is 0 Å². The molecule has 0 spiro atoms. The van der Waals surface area contributed by atoms with Gasteiger partial charge in [0.1, 0.15) is 17.7 Å². The normalized spacial score (nSPS) is 17.5. The van der Waals surface area contributed by atoms with Crippen molar-refractivity contribution in [2.75, 3.05) is 26.7 Å². The van der Waals surface area contributed by atoms with Crippen molar-refractivity contribution in [3.63, 3.8) is 0 Å². The zero-order valence-corrected chi connectivity index (χ0v) is 15.8. The topological polar surface area (TPSA) is 96.7 Å². The maximum atomic E-state index is 12.3. The quantitative estimate of drug-likeness (QED) is 0.710. The molecule has 2 aromatic rings. The number of aromatic nitrogens is 1. The number of nitrogens with one attached hydrogen (secondary N) is 2. The number of carbonyl (C=O) groups excluding carboxylic acids is 2. The van der Waals surface area contributed by atoms with Crippen LogP contribution in [0, 0.1) is 0 Å². The molecule has 1 atom stereocenters. The predicted molar refractivity (Wildman–Crippen MR) is 103 cm³/mol. The summed E-state index contributed by atoms with van der Waals surface area (Å²) >= 11 is 0. The Morgan fingerprint density at radius 1 is 1.43 bits per heavy atom. The van der Waals surface area contributed by atoms with Crippen molar-refractivity contribution >= 4 is 17.9 Å². The van der Waals surface area contributed by atoms with Crippen molar-refractivity contribution in [1.29, 1.82) is 0 Å². The summed E-state index contributed by atoms with van der Waals surface area (Å²) in [6.07, 6.45) is 5.49. The number of benzene rings is 1. The highest BCUT2D eigenvalue weighted by Gasteiger charge is 2.30. The molecule has 0 bridgehead atoms. The van der Waals surface area contributed by atoms with Gasteiger partial charge in [-0.25, -0.2) is 0 Å². The van der Waals surface area contributed by atoms with Crippen molar-refractivity contribution in [2.45, 2.75) is 19.0 Å². The lowest BCUT2D eigenvalue weighted by molar-refractivity contribution is -0.133. The van der Waals surface area contributed by atoms with E-state index in [2.05, 4.69) is 15.8 Å². The van der Waals surface area contributed by atoms with Crippen LogP contribution >= 0.6 is 0 Å². The van der Waals surface area contributed by atoms with Crippen molar-refractivity contribution in [3.8, 4) is 5.75 Å². The van der Waals surface area contributed by atoms with Gasteiger partial charge in [-0.1, -0.05) is 35.5 Å². The molecule has 3 rings (SSSR count). The minimum atomic E-state index is -0.506. The van der Waals surface area contributed by atoms with Crippen LogP contribution in [-0.2, 0) is 16.1 Å². The van der Waals surface area contributed by atoms with Crippen LogP contribution in [-0.4, -0.2) is 54.7 Å². The van der Waals surface area contributed by atoms with Crippen molar-refractivity contribution in [1.82, 2.24) is 20.7 Å². The van der Waals surface area contributed by atoms with E-state index in [4.69, 9.17) is 9.26 Å². The second-order valence-electron chi connectivity index (χ2n) is 6.42. The standard InChI is InChI=1S/C20H24N4O4/c1-27-18-7-3-2-5-15(18)6-4-10-24-11-9-21-20(26)17(24)13-19(25)22-14-16-8-12-28-23-16/h2-8,12,17H,9-11,13-14H2,1H3,(H,21,26)(H,22,25)/b6-4+. The molecule has 0 aliphatic carbocycles. The summed E-state index contributed by atoms with van der Waals surface area (Å²) < 4.78 is 10.1. The van der Waals surface area contributed by atoms with Gasteiger partial charge in [-0.3, -0.25) is 14.5 Å². The Morgan fingerprint density at radius 2 is 2.29 bits per heavy atom. The van der Waals surface area contributed by atoms with Crippen LogP contribution < -0.4 is 15.4 Å². The van der Waals surface area contributed by atoms with Crippen LogP contribution in [0.5, 0.6) is 5.75 Å². The lowest BCUT2D eigenvalue weighted by atomic mass is 10.1. The fourth-order valence-electron chi connectivity index (χ4n) is 3.09. The number of amides is 2. The number of nitrogens with zero attached hydrogens (tertiary/aromatic N) is 2. The van der Waals surface area contributed by atoms with Crippen molar-refractivity contribution in [2.24, 2.45) is 0 Å². The van der Waals surface area contributed by atoms with Gasteiger partial charge in [-0.05, 0) is 6.07 Å². The van der Waals surface area contributed by atoms with Crippen LogP contribution in [0.15, 0.2) is 47.2 Å². The number of rotatable bonds is 8. The Bertz CT molecular complexity index is 819. The monoisotopic (exact) mass is 384 g/mol. The molecule has 2 heterocycles. The number of hydrogen-bond donors (Lipinski definition) is 2. The molecule has 2 N–H and O–H groups in total. The summed E-state index contributed by atoms with van der Waals surface area (Å²) in [6.45, 7) is 2.09. The molecule has 1 unspecified atom stereocenters. The molecule has 1 saturated heterocycles. The number of piperazine rings is 1. The maximum absolute atomic E-state index is 12.3. The fraction of sp³-hybridized carbons (Fsp3) is 0.350. The van der Waals surface area contributed by atoms with Crippen LogP contribution in [0.4, 0.5) is 0 Å². The summed E-state index contributed by atoms with van der Waals surface area (Å²) in [5, 5.41) is 9.35. The van der Waals surface area contributed by atoms with E-state index in [1.807, 2.05) is 41.3 Å². The molecule has 148 valence electrons. The zero-order chi connectivity index (χ0) is 19.8. The third-order valence-corrected chi connectivity index (χ3v) is 4.55. The van der Waals surface area contributed by atoms with Gasteiger partial charge in [0.25, 0.3) is 0 Å². The molecule has 8 nitrogen and oxygen atoms in total. The van der Waals surface area contributed by atoms with Gasteiger partial charge in [0.15, 0.2) is 0 Å². The highest BCUT2D eigenvalue weighted by atomic mass is 16.5. The van der Waals surface area contributed by atoms with E-state index in [9.17, 15) is 9.59 Å².